The van der Waals surface area contributed by atoms with Gasteiger partial charge in [-0.25, -0.2) is 5.01 Å². The fraction of sp³-hybridized carbons (Fsp3) is 0.360. The van der Waals surface area contributed by atoms with Gasteiger partial charge in [0.1, 0.15) is 12.3 Å². The molecule has 2 aliphatic carbocycles. The number of carbonyl (C=O) groups excluding carboxylic acids is 4. The van der Waals surface area contributed by atoms with Crippen molar-refractivity contribution in [1.29, 1.82) is 0 Å². The van der Waals surface area contributed by atoms with Gasteiger partial charge in [0.15, 0.2) is 5.78 Å². The number of imide groups is 1. The molecular weight excluding hydrogens is 639 g/mol. The zero-order chi connectivity index (χ0) is 25.9. The lowest BCUT2D eigenvalue weighted by molar-refractivity contribution is -0.154. The third-order valence-electron chi connectivity index (χ3n) is 7.31. The minimum Gasteiger partial charge on any atom is -0.497 e. The highest BCUT2D eigenvalue weighted by Crippen LogP contribution is 2.60. The number of amides is 3. The molecular formula is C25H20Br2Cl2N2O5. The van der Waals surface area contributed by atoms with Crippen molar-refractivity contribution in [2.45, 2.75) is 16.1 Å². The van der Waals surface area contributed by atoms with E-state index >= 15 is 0 Å². The number of alkyl halides is 2. The summed E-state index contributed by atoms with van der Waals surface area (Å²) in [4.78, 5) is 54.3. The van der Waals surface area contributed by atoms with E-state index < -0.39 is 41.9 Å². The van der Waals surface area contributed by atoms with E-state index in [2.05, 4.69) is 31.9 Å². The number of methoxy groups -OCH3 is 1. The second-order valence-corrected chi connectivity index (χ2v) is 12.1. The number of fused-ring (bicyclic) bond motifs is 5. The Hall–Kier alpha value is -1.94. The Morgan fingerprint density at radius 2 is 1.58 bits per heavy atom. The Morgan fingerprint density at radius 3 is 2.11 bits per heavy atom. The highest BCUT2D eigenvalue weighted by Gasteiger charge is 2.67. The smallest absolute Gasteiger partial charge is 0.274 e. The molecule has 1 aliphatic heterocycles. The van der Waals surface area contributed by atoms with Crippen LogP contribution in [-0.2, 0) is 9.59 Å². The van der Waals surface area contributed by atoms with E-state index in [1.807, 2.05) is 0 Å². The molecule has 1 heterocycles. The van der Waals surface area contributed by atoms with Gasteiger partial charge in [-0.3, -0.25) is 19.2 Å². The first-order valence-corrected chi connectivity index (χ1v) is 13.8. The number of carbonyl (C=O) groups is 4. The van der Waals surface area contributed by atoms with Gasteiger partial charge < -0.3 is 4.74 Å². The predicted molar refractivity (Wildman–Crippen MR) is 141 cm³/mol. The number of nitrogens with zero attached hydrogens (tertiary/aromatic N) is 2. The first-order valence-electron chi connectivity index (χ1n) is 11.2. The summed E-state index contributed by atoms with van der Waals surface area (Å²) >= 11 is 19.6. The van der Waals surface area contributed by atoms with E-state index in [0.717, 1.165) is 16.4 Å². The minimum absolute atomic E-state index is 0.0287. The van der Waals surface area contributed by atoms with Crippen molar-refractivity contribution in [3.8, 4) is 5.75 Å². The summed E-state index contributed by atoms with van der Waals surface area (Å²) in [6.07, 6.45) is 0.744. The van der Waals surface area contributed by atoms with Crippen LogP contribution in [0.1, 0.15) is 27.1 Å². The first-order chi connectivity index (χ1) is 17.1. The maximum Gasteiger partial charge on any atom is 0.274 e. The van der Waals surface area contributed by atoms with Gasteiger partial charge in [0.05, 0.1) is 29.5 Å². The van der Waals surface area contributed by atoms with Crippen LogP contribution in [0.4, 0.5) is 0 Å². The minimum atomic E-state index is -0.738. The van der Waals surface area contributed by atoms with E-state index in [9.17, 15) is 19.2 Å². The number of hydrazine groups is 1. The Bertz CT molecular complexity index is 1240. The van der Waals surface area contributed by atoms with Gasteiger partial charge in [0.2, 0.25) is 0 Å². The molecule has 3 aliphatic rings. The van der Waals surface area contributed by atoms with Crippen molar-refractivity contribution in [2.24, 2.45) is 23.7 Å². The molecule has 0 aromatic heterocycles. The van der Waals surface area contributed by atoms with Crippen LogP contribution < -0.4 is 4.74 Å². The van der Waals surface area contributed by atoms with Crippen LogP contribution in [0.2, 0.25) is 10.0 Å². The zero-order valence-corrected chi connectivity index (χ0v) is 23.6. The molecule has 3 amide bonds. The molecule has 5 rings (SSSR count). The van der Waals surface area contributed by atoms with Gasteiger partial charge >= 0.3 is 0 Å². The molecule has 2 aromatic rings. The monoisotopic (exact) mass is 656 g/mol. The van der Waals surface area contributed by atoms with E-state index in [0.29, 0.717) is 16.3 Å². The van der Waals surface area contributed by atoms with Crippen LogP contribution >= 0.6 is 55.1 Å². The summed E-state index contributed by atoms with van der Waals surface area (Å²) in [5.74, 6) is -2.75. The largest absolute Gasteiger partial charge is 0.497 e. The number of rotatable bonds is 6. The fourth-order valence-corrected chi connectivity index (χ4v) is 7.97. The molecule has 2 saturated carbocycles. The highest BCUT2D eigenvalue weighted by atomic mass is 79.9. The van der Waals surface area contributed by atoms with Gasteiger partial charge in [-0.15, -0.1) is 0 Å². The van der Waals surface area contributed by atoms with Gasteiger partial charge in [-0.05, 0) is 60.7 Å². The Morgan fingerprint density at radius 1 is 1.00 bits per heavy atom. The van der Waals surface area contributed by atoms with Crippen LogP contribution in [0.5, 0.6) is 5.75 Å². The second kappa shape index (κ2) is 9.74. The van der Waals surface area contributed by atoms with Crippen molar-refractivity contribution in [3.63, 3.8) is 0 Å². The summed E-state index contributed by atoms with van der Waals surface area (Å²) < 4.78 is 5.14. The van der Waals surface area contributed by atoms with Gasteiger partial charge in [-0.1, -0.05) is 55.1 Å². The lowest BCUT2D eigenvalue weighted by Crippen LogP contribution is -2.52. The molecule has 36 heavy (non-hydrogen) atoms. The number of hydrogen-bond donors (Lipinski definition) is 0. The Balaban J connectivity index is 1.51. The van der Waals surface area contributed by atoms with Crippen LogP contribution in [0, 0.1) is 23.7 Å². The van der Waals surface area contributed by atoms with Crippen molar-refractivity contribution >= 4 is 78.6 Å². The number of benzene rings is 2. The average Bonchev–Trinajstić information content (AvgIpc) is 3.47. The van der Waals surface area contributed by atoms with Gasteiger partial charge in [0.25, 0.3) is 17.7 Å². The first kappa shape index (κ1) is 25.7. The summed E-state index contributed by atoms with van der Waals surface area (Å²) in [5, 5.41) is 2.17. The van der Waals surface area contributed by atoms with Gasteiger partial charge in [0, 0.05) is 20.2 Å². The van der Waals surface area contributed by atoms with Crippen molar-refractivity contribution < 1.29 is 23.9 Å². The van der Waals surface area contributed by atoms with Crippen LogP contribution in [0.25, 0.3) is 0 Å². The van der Waals surface area contributed by atoms with Crippen LogP contribution in [0.3, 0.4) is 0 Å². The van der Waals surface area contributed by atoms with Crippen molar-refractivity contribution in [2.75, 3.05) is 13.7 Å². The normalized spacial score (nSPS) is 28.4. The molecule has 11 heteroatoms. The summed E-state index contributed by atoms with van der Waals surface area (Å²) in [6.45, 7) is -0.522. The van der Waals surface area contributed by atoms with Gasteiger partial charge in [-0.2, -0.15) is 5.01 Å². The molecule has 2 aromatic carbocycles. The summed E-state index contributed by atoms with van der Waals surface area (Å²) in [5.41, 5.74) is 0.331. The SMILES string of the molecule is COc1ccc(C(=O)CN(C(=O)c2ccc(Cl)cc2Cl)N2C(=O)[C@@H]3[C@H]4C[C@@H]([C@H](Br)[C@@H]4Br)[C@@H]3C2=O)cc1. The quantitative estimate of drug-likeness (QED) is 0.247. The predicted octanol–water partition coefficient (Wildman–Crippen LogP) is 5.02. The van der Waals surface area contributed by atoms with E-state index in [-0.39, 0.29) is 32.1 Å². The Kier molecular flexibility index (Phi) is 6.95. The molecule has 1 saturated heterocycles. The lowest BCUT2D eigenvalue weighted by Gasteiger charge is -2.31. The maximum absolute atomic E-state index is 13.7. The van der Waals surface area contributed by atoms with E-state index in [4.69, 9.17) is 27.9 Å². The average molecular weight is 659 g/mol. The number of hydrogen-bond acceptors (Lipinski definition) is 5. The number of halogens is 4. The molecule has 6 atom stereocenters. The lowest BCUT2D eigenvalue weighted by atomic mass is 9.81. The van der Waals surface area contributed by atoms with Crippen molar-refractivity contribution in [1.82, 2.24) is 10.0 Å². The molecule has 0 radical (unpaired) electrons. The highest BCUT2D eigenvalue weighted by molar-refractivity contribution is 9.12. The van der Waals surface area contributed by atoms with E-state index in [1.54, 1.807) is 24.3 Å². The fourth-order valence-electron chi connectivity index (χ4n) is 5.61. The Labute approximate surface area is 234 Å². The third kappa shape index (κ3) is 4.08. The van der Waals surface area contributed by atoms with E-state index in [1.165, 1.54) is 25.3 Å². The standard InChI is InChI=1S/C25H20Br2Cl2N2O5/c1-36-13-5-2-11(3-6-13)18(32)10-30(23(33)14-7-4-12(28)8-17(14)29)31-24(34)19-15-9-16(20(19)25(31)35)22(27)21(15)26/h2-8,15-16,19-22H,9-10H2,1H3/t15-,16-,19-,20+,21-,22+/m1/s1. The molecule has 3 fully saturated rings. The topological polar surface area (TPSA) is 84.0 Å². The second-order valence-electron chi connectivity index (χ2n) is 9.13. The zero-order valence-electron chi connectivity index (χ0n) is 18.9. The summed E-state index contributed by atoms with van der Waals surface area (Å²) in [7, 11) is 1.51. The van der Waals surface area contributed by atoms with Crippen LogP contribution in [0.15, 0.2) is 42.5 Å². The molecule has 0 unspecified atom stereocenters. The molecule has 2 bridgehead atoms. The molecule has 0 N–H and O–H groups in total. The third-order valence-corrected chi connectivity index (χ3v) is 11.1. The van der Waals surface area contributed by atoms with Crippen molar-refractivity contribution in [3.05, 3.63) is 63.6 Å². The molecule has 188 valence electrons. The number of Topliss-reactive ketones (excluding diaryl/α,β-unsaturated/α-hetero) is 1. The number of ether oxygens (including phenoxy) is 1. The molecule has 0 spiro atoms. The summed E-state index contributed by atoms with van der Waals surface area (Å²) in [6, 6.07) is 10.7. The maximum atomic E-state index is 13.7. The molecule has 7 nitrogen and oxygen atoms in total. The van der Waals surface area contributed by atoms with Crippen LogP contribution in [-0.4, -0.2) is 56.8 Å². The number of ketones is 1.